The maximum Gasteiger partial charge on any atom is 0.242 e. The van der Waals surface area contributed by atoms with E-state index in [1.54, 1.807) is 24.3 Å². The number of benzene rings is 1. The molecule has 18 heavy (non-hydrogen) atoms. The van der Waals surface area contributed by atoms with E-state index in [-0.39, 0.29) is 16.8 Å². The van der Waals surface area contributed by atoms with Crippen LogP contribution in [0.15, 0.2) is 39.5 Å². The standard InChI is InChI=1S/C12H10N2O4/c13-10(12(14)17)11(16)9-5-7(15)6-3-1-2-4-8(6)18-9/h1-5,10H,13H2,(H2,14,17). The highest BCUT2D eigenvalue weighted by molar-refractivity contribution is 6.11. The summed E-state index contributed by atoms with van der Waals surface area (Å²) in [6.45, 7) is 0. The third-order valence-corrected chi connectivity index (χ3v) is 2.47. The highest BCUT2D eigenvalue weighted by atomic mass is 16.3. The minimum absolute atomic E-state index is 0.255. The van der Waals surface area contributed by atoms with Gasteiger partial charge in [-0.2, -0.15) is 0 Å². The topological polar surface area (TPSA) is 116 Å². The number of carbonyl (C=O) groups is 2. The van der Waals surface area contributed by atoms with Gasteiger partial charge in [0.05, 0.1) is 5.39 Å². The first-order valence-electron chi connectivity index (χ1n) is 5.12. The summed E-state index contributed by atoms with van der Waals surface area (Å²) in [4.78, 5) is 34.3. The zero-order valence-corrected chi connectivity index (χ0v) is 9.25. The minimum Gasteiger partial charge on any atom is -0.453 e. The first-order valence-corrected chi connectivity index (χ1v) is 5.12. The van der Waals surface area contributed by atoms with Gasteiger partial charge in [-0.15, -0.1) is 0 Å². The maximum atomic E-state index is 11.7. The average molecular weight is 246 g/mol. The van der Waals surface area contributed by atoms with Crippen molar-refractivity contribution >= 4 is 22.7 Å². The molecule has 0 spiro atoms. The fourth-order valence-electron chi connectivity index (χ4n) is 1.51. The monoisotopic (exact) mass is 246 g/mol. The molecule has 1 aromatic heterocycles. The van der Waals surface area contributed by atoms with E-state index < -0.39 is 17.7 Å². The summed E-state index contributed by atoms with van der Waals surface area (Å²) >= 11 is 0. The fourth-order valence-corrected chi connectivity index (χ4v) is 1.51. The second kappa shape index (κ2) is 4.42. The zero-order chi connectivity index (χ0) is 13.3. The number of hydrogen-bond donors (Lipinski definition) is 2. The van der Waals surface area contributed by atoms with Crippen LogP contribution in [0.5, 0.6) is 0 Å². The van der Waals surface area contributed by atoms with Crippen LogP contribution in [-0.2, 0) is 4.79 Å². The number of primary amides is 1. The Morgan fingerprint density at radius 3 is 2.56 bits per heavy atom. The number of hydrogen-bond acceptors (Lipinski definition) is 5. The van der Waals surface area contributed by atoms with Crippen molar-refractivity contribution in [2.24, 2.45) is 11.5 Å². The van der Waals surface area contributed by atoms with Gasteiger partial charge in [0, 0.05) is 6.07 Å². The number of carbonyl (C=O) groups excluding carboxylic acids is 2. The predicted octanol–water partition coefficient (Wildman–Crippen LogP) is -0.212. The van der Waals surface area contributed by atoms with Gasteiger partial charge in [-0.25, -0.2) is 0 Å². The van der Waals surface area contributed by atoms with Crippen LogP contribution in [0, 0.1) is 0 Å². The molecular weight excluding hydrogens is 236 g/mol. The smallest absolute Gasteiger partial charge is 0.242 e. The minimum atomic E-state index is -1.52. The molecule has 4 N–H and O–H groups in total. The summed E-state index contributed by atoms with van der Waals surface area (Å²) in [5.74, 6) is -2.06. The largest absolute Gasteiger partial charge is 0.453 e. The van der Waals surface area contributed by atoms with E-state index in [0.717, 1.165) is 6.07 Å². The van der Waals surface area contributed by atoms with Gasteiger partial charge < -0.3 is 15.9 Å². The highest BCUT2D eigenvalue weighted by Gasteiger charge is 2.23. The SMILES string of the molecule is NC(=O)C(N)C(=O)c1cc(=O)c2ccccc2o1. The zero-order valence-electron chi connectivity index (χ0n) is 9.25. The van der Waals surface area contributed by atoms with Crippen LogP contribution >= 0.6 is 0 Å². The molecule has 1 atom stereocenters. The third-order valence-electron chi connectivity index (χ3n) is 2.47. The van der Waals surface area contributed by atoms with Crippen LogP contribution in [0.1, 0.15) is 10.6 Å². The lowest BCUT2D eigenvalue weighted by Crippen LogP contribution is -2.43. The number of fused-ring (bicyclic) bond motifs is 1. The van der Waals surface area contributed by atoms with Crippen molar-refractivity contribution in [1.82, 2.24) is 0 Å². The van der Waals surface area contributed by atoms with Crippen molar-refractivity contribution in [3.63, 3.8) is 0 Å². The Bertz CT molecular complexity index is 690. The lowest BCUT2D eigenvalue weighted by molar-refractivity contribution is -0.118. The van der Waals surface area contributed by atoms with Gasteiger partial charge in [-0.3, -0.25) is 14.4 Å². The summed E-state index contributed by atoms with van der Waals surface area (Å²) in [5, 5.41) is 0.349. The van der Waals surface area contributed by atoms with Crippen LogP contribution in [0.2, 0.25) is 0 Å². The molecule has 2 rings (SSSR count). The molecule has 0 radical (unpaired) electrons. The van der Waals surface area contributed by atoms with E-state index in [1.165, 1.54) is 0 Å². The Balaban J connectivity index is 2.57. The second-order valence-corrected chi connectivity index (χ2v) is 3.72. The molecule has 0 aliphatic rings. The number of para-hydroxylation sites is 1. The molecule has 1 unspecified atom stereocenters. The van der Waals surface area contributed by atoms with Gasteiger partial charge in [-0.05, 0) is 12.1 Å². The van der Waals surface area contributed by atoms with Crippen molar-refractivity contribution in [3.8, 4) is 0 Å². The Kier molecular flexibility index (Phi) is 2.95. The van der Waals surface area contributed by atoms with Gasteiger partial charge in [0.1, 0.15) is 5.58 Å². The van der Waals surface area contributed by atoms with Gasteiger partial charge in [-0.1, -0.05) is 12.1 Å². The molecule has 2 aromatic rings. The molecule has 6 heteroatoms. The summed E-state index contributed by atoms with van der Waals surface area (Å²) in [5.41, 5.74) is 10.1. The molecule has 1 heterocycles. The van der Waals surface area contributed by atoms with Crippen molar-refractivity contribution in [1.29, 1.82) is 0 Å². The molecule has 6 nitrogen and oxygen atoms in total. The Hall–Kier alpha value is -2.47. The van der Waals surface area contributed by atoms with Crippen molar-refractivity contribution in [2.45, 2.75) is 6.04 Å². The first kappa shape index (κ1) is 12.0. The van der Waals surface area contributed by atoms with Crippen molar-refractivity contribution < 1.29 is 14.0 Å². The van der Waals surface area contributed by atoms with Crippen LogP contribution in [0.3, 0.4) is 0 Å². The lowest BCUT2D eigenvalue weighted by Gasteiger charge is -2.06. The molecule has 92 valence electrons. The van der Waals surface area contributed by atoms with E-state index >= 15 is 0 Å². The number of nitrogens with two attached hydrogens (primary N) is 2. The van der Waals surface area contributed by atoms with Gasteiger partial charge in [0.25, 0.3) is 0 Å². The van der Waals surface area contributed by atoms with Gasteiger partial charge >= 0.3 is 0 Å². The maximum absolute atomic E-state index is 11.7. The molecule has 1 amide bonds. The third kappa shape index (κ3) is 2.01. The first-order chi connectivity index (χ1) is 8.50. The number of Topliss-reactive ketones (excluding diaryl/α,β-unsaturated/α-hetero) is 1. The second-order valence-electron chi connectivity index (χ2n) is 3.72. The molecule has 1 aromatic carbocycles. The quantitative estimate of drug-likeness (QED) is 0.574. The van der Waals surface area contributed by atoms with Crippen LogP contribution < -0.4 is 16.9 Å². The predicted molar refractivity (Wildman–Crippen MR) is 64.0 cm³/mol. The van der Waals surface area contributed by atoms with Crippen LogP contribution in [0.25, 0.3) is 11.0 Å². The van der Waals surface area contributed by atoms with Gasteiger partial charge in [0.15, 0.2) is 17.2 Å². The number of rotatable bonds is 3. The van der Waals surface area contributed by atoms with Gasteiger partial charge in [0.2, 0.25) is 11.7 Å². The van der Waals surface area contributed by atoms with E-state index in [0.29, 0.717) is 5.39 Å². The summed E-state index contributed by atoms with van der Waals surface area (Å²) in [6.07, 6.45) is 0. The molecule has 0 aliphatic carbocycles. The molecule has 0 bridgehead atoms. The summed E-state index contributed by atoms with van der Waals surface area (Å²) < 4.78 is 5.24. The molecular formula is C12H10N2O4. The van der Waals surface area contributed by atoms with Crippen LogP contribution in [0.4, 0.5) is 0 Å². The normalized spacial score (nSPS) is 12.3. The van der Waals surface area contributed by atoms with Crippen LogP contribution in [-0.4, -0.2) is 17.7 Å². The highest BCUT2D eigenvalue weighted by Crippen LogP contribution is 2.12. The van der Waals surface area contributed by atoms with Crippen molar-refractivity contribution in [2.75, 3.05) is 0 Å². The van der Waals surface area contributed by atoms with E-state index in [9.17, 15) is 14.4 Å². The average Bonchev–Trinajstić information content (AvgIpc) is 2.36. The molecule has 0 aliphatic heterocycles. The Morgan fingerprint density at radius 1 is 1.22 bits per heavy atom. The van der Waals surface area contributed by atoms with E-state index in [2.05, 4.69) is 0 Å². The molecule has 0 fully saturated rings. The summed E-state index contributed by atoms with van der Waals surface area (Å²) in [6, 6.07) is 5.94. The number of amides is 1. The van der Waals surface area contributed by atoms with E-state index in [1.807, 2.05) is 0 Å². The van der Waals surface area contributed by atoms with Crippen molar-refractivity contribution in [3.05, 3.63) is 46.3 Å². The number of ketones is 1. The molecule has 0 saturated carbocycles. The fraction of sp³-hybridized carbons (Fsp3) is 0.0833. The van der Waals surface area contributed by atoms with E-state index in [4.69, 9.17) is 15.9 Å². The Labute approximate surface area is 101 Å². The lowest BCUT2D eigenvalue weighted by atomic mass is 10.1. The molecule has 0 saturated heterocycles. The summed E-state index contributed by atoms with van der Waals surface area (Å²) in [7, 11) is 0. The Morgan fingerprint density at radius 2 is 1.89 bits per heavy atom.